The largest absolute Gasteiger partial charge is 0.451 e. The highest BCUT2D eigenvalue weighted by molar-refractivity contribution is 5.91. The molecule has 0 amide bonds. The first-order chi connectivity index (χ1) is 15.9. The highest BCUT2D eigenvalue weighted by Gasteiger charge is 2.76. The van der Waals surface area contributed by atoms with Crippen LogP contribution < -0.4 is 0 Å². The number of carbonyl (C=O) groups excluding carboxylic acids is 3. The number of fused-ring (bicyclic) bond motifs is 1. The standard InChI is InChI=1S/C29H34O5/c1-26(2)21-17-18-22(30)23(21)27(3,4)29(6,34-25(32)20-15-11-8-12-16-20)28(26,5)33-24(31)19-13-9-7-10-14-19/h7-16,21,23H,17-18H2,1-6H3. The molecule has 5 nitrogen and oxygen atoms in total. The van der Waals surface area contributed by atoms with Gasteiger partial charge in [-0.25, -0.2) is 9.59 Å². The third kappa shape index (κ3) is 3.31. The van der Waals surface area contributed by atoms with Gasteiger partial charge in [0.15, 0.2) is 11.2 Å². The number of rotatable bonds is 4. The Hall–Kier alpha value is -2.95. The molecular weight excluding hydrogens is 428 g/mol. The van der Waals surface area contributed by atoms with Crippen LogP contribution in [-0.4, -0.2) is 28.9 Å². The van der Waals surface area contributed by atoms with Crippen LogP contribution in [0.4, 0.5) is 0 Å². The van der Waals surface area contributed by atoms with Crippen molar-refractivity contribution in [2.75, 3.05) is 0 Å². The van der Waals surface area contributed by atoms with Crippen molar-refractivity contribution in [3.05, 3.63) is 71.8 Å². The van der Waals surface area contributed by atoms with Gasteiger partial charge in [0.2, 0.25) is 0 Å². The Bertz CT molecular complexity index is 1100. The van der Waals surface area contributed by atoms with Crippen LogP contribution in [0.25, 0.3) is 0 Å². The van der Waals surface area contributed by atoms with Crippen molar-refractivity contribution in [3.8, 4) is 0 Å². The molecule has 2 aliphatic carbocycles. The number of ether oxygens (including phenoxy) is 2. The Morgan fingerprint density at radius 2 is 1.12 bits per heavy atom. The lowest BCUT2D eigenvalue weighted by Gasteiger charge is -2.66. The zero-order chi connectivity index (χ0) is 24.9. The Balaban J connectivity index is 1.86. The summed E-state index contributed by atoms with van der Waals surface area (Å²) >= 11 is 0. The summed E-state index contributed by atoms with van der Waals surface area (Å²) in [6.07, 6.45) is 1.20. The van der Waals surface area contributed by atoms with Gasteiger partial charge in [-0.15, -0.1) is 0 Å². The van der Waals surface area contributed by atoms with E-state index < -0.39 is 34.0 Å². The quantitative estimate of drug-likeness (QED) is 0.531. The van der Waals surface area contributed by atoms with Gasteiger partial charge in [0.1, 0.15) is 5.78 Å². The van der Waals surface area contributed by atoms with E-state index in [-0.39, 0.29) is 17.6 Å². The van der Waals surface area contributed by atoms with Gasteiger partial charge in [-0.05, 0) is 50.5 Å². The molecule has 5 heteroatoms. The SMILES string of the molecule is CC1(C)C2CCC(=O)C2C(C)(C)C(C)(OC(=O)c2ccccc2)C1(C)OC(=O)c1ccccc1. The molecule has 0 N–H and O–H groups in total. The smallest absolute Gasteiger partial charge is 0.338 e. The lowest BCUT2D eigenvalue weighted by molar-refractivity contribution is -0.288. The van der Waals surface area contributed by atoms with Crippen molar-refractivity contribution in [2.45, 2.75) is 65.6 Å². The van der Waals surface area contributed by atoms with Crippen LogP contribution in [0.15, 0.2) is 60.7 Å². The van der Waals surface area contributed by atoms with Gasteiger partial charge in [0.25, 0.3) is 0 Å². The van der Waals surface area contributed by atoms with Crippen LogP contribution in [0.2, 0.25) is 0 Å². The Kier molecular flexibility index (Phi) is 5.74. The zero-order valence-corrected chi connectivity index (χ0v) is 20.9. The number of esters is 2. The van der Waals surface area contributed by atoms with Crippen LogP contribution in [0, 0.1) is 22.7 Å². The number of hydrogen-bond acceptors (Lipinski definition) is 5. The average Bonchev–Trinajstić information content (AvgIpc) is 3.22. The second-order valence-electron chi connectivity index (χ2n) is 11.1. The molecule has 0 heterocycles. The summed E-state index contributed by atoms with van der Waals surface area (Å²) < 4.78 is 12.7. The second-order valence-corrected chi connectivity index (χ2v) is 11.1. The van der Waals surface area contributed by atoms with Crippen molar-refractivity contribution >= 4 is 17.7 Å². The van der Waals surface area contributed by atoms with Gasteiger partial charge in [0.05, 0.1) is 11.1 Å². The molecule has 0 aliphatic heterocycles. The molecule has 34 heavy (non-hydrogen) atoms. The fraction of sp³-hybridized carbons (Fsp3) is 0.483. The highest BCUT2D eigenvalue weighted by Crippen LogP contribution is 2.67. The fourth-order valence-electron chi connectivity index (χ4n) is 6.50. The third-order valence-electron chi connectivity index (χ3n) is 9.14. The summed E-state index contributed by atoms with van der Waals surface area (Å²) in [5, 5.41) is 0. The summed E-state index contributed by atoms with van der Waals surface area (Å²) in [4.78, 5) is 39.9. The van der Waals surface area contributed by atoms with Gasteiger partial charge < -0.3 is 9.47 Å². The molecular formula is C29H34O5. The van der Waals surface area contributed by atoms with Crippen molar-refractivity contribution in [3.63, 3.8) is 0 Å². The van der Waals surface area contributed by atoms with Gasteiger partial charge in [-0.3, -0.25) is 4.79 Å². The minimum absolute atomic E-state index is 0.00734. The second kappa shape index (κ2) is 8.07. The predicted molar refractivity (Wildman–Crippen MR) is 129 cm³/mol. The molecule has 0 radical (unpaired) electrons. The molecule has 2 aromatic carbocycles. The van der Waals surface area contributed by atoms with E-state index in [1.54, 1.807) is 48.5 Å². The van der Waals surface area contributed by atoms with Crippen LogP contribution in [0.3, 0.4) is 0 Å². The Morgan fingerprint density at radius 3 is 1.56 bits per heavy atom. The average molecular weight is 463 g/mol. The van der Waals surface area contributed by atoms with Gasteiger partial charge in [0, 0.05) is 23.2 Å². The molecule has 2 aromatic rings. The first kappa shape index (κ1) is 24.2. The number of carbonyl (C=O) groups is 3. The number of hydrogen-bond donors (Lipinski definition) is 0. The summed E-state index contributed by atoms with van der Waals surface area (Å²) in [7, 11) is 0. The molecule has 0 aromatic heterocycles. The number of benzene rings is 2. The zero-order valence-electron chi connectivity index (χ0n) is 20.9. The van der Waals surface area contributed by atoms with E-state index in [1.807, 2.05) is 53.7 Å². The van der Waals surface area contributed by atoms with Gasteiger partial charge >= 0.3 is 11.9 Å². The lowest BCUT2D eigenvalue weighted by atomic mass is 9.43. The van der Waals surface area contributed by atoms with E-state index in [1.165, 1.54) is 0 Å². The minimum atomic E-state index is -1.29. The molecule has 4 rings (SSSR count). The van der Waals surface area contributed by atoms with Crippen molar-refractivity contribution in [2.24, 2.45) is 22.7 Å². The lowest BCUT2D eigenvalue weighted by Crippen LogP contribution is -2.76. The summed E-state index contributed by atoms with van der Waals surface area (Å²) in [5.41, 5.74) is -3.09. The summed E-state index contributed by atoms with van der Waals surface area (Å²) in [5.74, 6) is -1.11. The number of ketones is 1. The Morgan fingerprint density at radius 1 is 0.706 bits per heavy atom. The van der Waals surface area contributed by atoms with Crippen molar-refractivity contribution < 1.29 is 23.9 Å². The fourth-order valence-corrected chi connectivity index (χ4v) is 6.50. The van der Waals surface area contributed by atoms with E-state index in [4.69, 9.17) is 9.47 Å². The molecule has 2 aliphatic rings. The van der Waals surface area contributed by atoms with Crippen LogP contribution in [0.1, 0.15) is 75.1 Å². The van der Waals surface area contributed by atoms with E-state index >= 15 is 0 Å². The van der Waals surface area contributed by atoms with Crippen LogP contribution in [-0.2, 0) is 14.3 Å². The van der Waals surface area contributed by atoms with Gasteiger partial charge in [-0.1, -0.05) is 64.1 Å². The van der Waals surface area contributed by atoms with Crippen molar-refractivity contribution in [1.29, 1.82) is 0 Å². The van der Waals surface area contributed by atoms with E-state index in [9.17, 15) is 14.4 Å². The molecule has 0 saturated heterocycles. The molecule has 2 saturated carbocycles. The molecule has 0 bridgehead atoms. The van der Waals surface area contributed by atoms with Gasteiger partial charge in [-0.2, -0.15) is 0 Å². The van der Waals surface area contributed by atoms with E-state index in [0.29, 0.717) is 17.5 Å². The molecule has 0 spiro atoms. The molecule has 4 unspecified atom stereocenters. The Labute approximate surface area is 201 Å². The topological polar surface area (TPSA) is 69.7 Å². The third-order valence-corrected chi connectivity index (χ3v) is 9.14. The molecule has 2 fully saturated rings. The van der Waals surface area contributed by atoms with Crippen LogP contribution >= 0.6 is 0 Å². The maximum absolute atomic E-state index is 13.4. The summed E-state index contributed by atoms with van der Waals surface area (Å²) in [6, 6.07) is 17.6. The first-order valence-electron chi connectivity index (χ1n) is 12.0. The van der Waals surface area contributed by atoms with Crippen LogP contribution in [0.5, 0.6) is 0 Å². The minimum Gasteiger partial charge on any atom is -0.451 e. The number of Topliss-reactive ketones (excluding diaryl/α,β-unsaturated/α-hetero) is 1. The monoisotopic (exact) mass is 462 g/mol. The van der Waals surface area contributed by atoms with Crippen molar-refractivity contribution in [1.82, 2.24) is 0 Å². The summed E-state index contributed by atoms with van der Waals surface area (Å²) in [6.45, 7) is 11.7. The maximum atomic E-state index is 13.4. The molecule has 180 valence electrons. The predicted octanol–water partition coefficient (Wildman–Crippen LogP) is 5.88. The van der Waals surface area contributed by atoms with E-state index in [0.717, 1.165) is 6.42 Å². The first-order valence-corrected chi connectivity index (χ1v) is 12.0. The molecule has 4 atom stereocenters. The highest BCUT2D eigenvalue weighted by atomic mass is 16.6. The maximum Gasteiger partial charge on any atom is 0.338 e. The normalized spacial score (nSPS) is 31.4. The van der Waals surface area contributed by atoms with E-state index in [2.05, 4.69) is 0 Å².